The normalized spacial score (nSPS) is 11.4. The Kier molecular flexibility index (Phi) is 9.61. The average molecular weight is 320 g/mol. The molecular formula is C20H32O3. The molecule has 0 saturated carbocycles. The molecular weight excluding hydrogens is 288 g/mol. The number of ether oxygens (including phenoxy) is 1. The van der Waals surface area contributed by atoms with Crippen LogP contribution in [0, 0.1) is 0 Å². The van der Waals surface area contributed by atoms with Crippen LogP contribution in [0.25, 0.3) is 0 Å². The van der Waals surface area contributed by atoms with Crippen molar-refractivity contribution in [3.05, 3.63) is 35.9 Å². The topological polar surface area (TPSA) is 46.5 Å². The van der Waals surface area contributed by atoms with Gasteiger partial charge in [0.25, 0.3) is 0 Å². The molecule has 23 heavy (non-hydrogen) atoms. The van der Waals surface area contributed by atoms with Crippen molar-refractivity contribution in [3.8, 4) is 0 Å². The van der Waals surface area contributed by atoms with Crippen molar-refractivity contribution in [1.29, 1.82) is 0 Å². The third kappa shape index (κ3) is 10.9. The number of hydrogen-bond donors (Lipinski definition) is 1. The van der Waals surface area contributed by atoms with Gasteiger partial charge in [-0.15, -0.1) is 0 Å². The average Bonchev–Trinajstić information content (AvgIpc) is 2.52. The second-order valence-corrected chi connectivity index (χ2v) is 6.89. The summed E-state index contributed by atoms with van der Waals surface area (Å²) in [5, 5.41) is 9.62. The summed E-state index contributed by atoms with van der Waals surface area (Å²) in [5.74, 6) is -0.225. The van der Waals surface area contributed by atoms with E-state index in [1.54, 1.807) is 12.1 Å². The van der Waals surface area contributed by atoms with E-state index in [-0.39, 0.29) is 5.97 Å². The fraction of sp³-hybridized carbons (Fsp3) is 0.650. The summed E-state index contributed by atoms with van der Waals surface area (Å²) in [6.45, 7) is 4.26. The zero-order chi connectivity index (χ0) is 17.0. The molecule has 0 spiro atoms. The highest BCUT2D eigenvalue weighted by Gasteiger charge is 2.10. The molecule has 0 fully saturated rings. The third-order valence-corrected chi connectivity index (χ3v) is 3.93. The molecule has 0 atom stereocenters. The molecule has 0 heterocycles. The lowest BCUT2D eigenvalue weighted by Gasteiger charge is -2.16. The van der Waals surface area contributed by atoms with E-state index < -0.39 is 5.60 Å². The molecule has 0 radical (unpaired) electrons. The van der Waals surface area contributed by atoms with Crippen LogP contribution < -0.4 is 0 Å². The summed E-state index contributed by atoms with van der Waals surface area (Å²) in [6.07, 6.45) is 10.2. The van der Waals surface area contributed by atoms with Crippen LogP contribution in [0.5, 0.6) is 0 Å². The Bertz CT molecular complexity index is 420. The van der Waals surface area contributed by atoms with Gasteiger partial charge in [-0.2, -0.15) is 0 Å². The van der Waals surface area contributed by atoms with Crippen molar-refractivity contribution in [2.75, 3.05) is 6.61 Å². The summed E-state index contributed by atoms with van der Waals surface area (Å²) < 4.78 is 5.26. The molecule has 0 amide bonds. The molecule has 0 aromatic heterocycles. The lowest BCUT2D eigenvalue weighted by Crippen LogP contribution is -2.17. The zero-order valence-electron chi connectivity index (χ0n) is 14.7. The molecule has 0 aliphatic rings. The lowest BCUT2D eigenvalue weighted by atomic mass is 9.99. The van der Waals surface area contributed by atoms with Gasteiger partial charge in [0.05, 0.1) is 17.8 Å². The van der Waals surface area contributed by atoms with E-state index in [1.807, 2.05) is 32.0 Å². The quantitative estimate of drug-likeness (QED) is 0.429. The Morgan fingerprint density at radius 1 is 0.913 bits per heavy atom. The van der Waals surface area contributed by atoms with Crippen LogP contribution in [0.2, 0.25) is 0 Å². The Morgan fingerprint density at radius 3 is 2.00 bits per heavy atom. The first kappa shape index (κ1) is 19.7. The van der Waals surface area contributed by atoms with Gasteiger partial charge in [-0.1, -0.05) is 63.1 Å². The van der Waals surface area contributed by atoms with E-state index in [0.29, 0.717) is 12.2 Å². The molecule has 1 aromatic rings. The predicted octanol–water partition coefficient (Wildman–Crippen LogP) is 5.13. The maximum absolute atomic E-state index is 11.7. The van der Waals surface area contributed by atoms with Crippen LogP contribution in [0.3, 0.4) is 0 Å². The molecule has 130 valence electrons. The second-order valence-electron chi connectivity index (χ2n) is 6.89. The van der Waals surface area contributed by atoms with Gasteiger partial charge in [0.2, 0.25) is 0 Å². The second kappa shape index (κ2) is 11.2. The minimum Gasteiger partial charge on any atom is -0.462 e. The van der Waals surface area contributed by atoms with Crippen LogP contribution in [0.1, 0.15) is 82.0 Å². The molecule has 0 aliphatic carbocycles. The summed E-state index contributed by atoms with van der Waals surface area (Å²) in [5.41, 5.74) is 0.107. The monoisotopic (exact) mass is 320 g/mol. The summed E-state index contributed by atoms with van der Waals surface area (Å²) in [6, 6.07) is 9.14. The Balaban J connectivity index is 1.88. The molecule has 0 saturated heterocycles. The van der Waals surface area contributed by atoms with Crippen molar-refractivity contribution < 1.29 is 14.6 Å². The van der Waals surface area contributed by atoms with Gasteiger partial charge in [0.15, 0.2) is 0 Å². The van der Waals surface area contributed by atoms with Gasteiger partial charge in [-0.3, -0.25) is 0 Å². The smallest absolute Gasteiger partial charge is 0.338 e. The number of hydrogen-bond acceptors (Lipinski definition) is 3. The molecule has 3 heteroatoms. The first-order valence-electron chi connectivity index (χ1n) is 8.93. The first-order valence-corrected chi connectivity index (χ1v) is 8.93. The van der Waals surface area contributed by atoms with Crippen molar-refractivity contribution in [2.45, 2.75) is 77.2 Å². The highest BCUT2D eigenvalue weighted by molar-refractivity contribution is 5.89. The fourth-order valence-electron chi connectivity index (χ4n) is 2.54. The third-order valence-electron chi connectivity index (χ3n) is 3.93. The van der Waals surface area contributed by atoms with Crippen LogP contribution in [-0.2, 0) is 4.74 Å². The zero-order valence-corrected chi connectivity index (χ0v) is 14.7. The number of rotatable bonds is 12. The lowest BCUT2D eigenvalue weighted by molar-refractivity contribution is 0.0497. The van der Waals surface area contributed by atoms with Gasteiger partial charge >= 0.3 is 5.97 Å². The van der Waals surface area contributed by atoms with Gasteiger partial charge in [-0.05, 0) is 38.8 Å². The van der Waals surface area contributed by atoms with E-state index in [1.165, 1.54) is 32.1 Å². The standard InChI is InChI=1S/C20H32O3/c1-20(2,22)16-12-7-5-3-4-6-8-13-17-23-19(21)18-14-10-9-11-15-18/h9-11,14-15,22H,3-8,12-13,16-17H2,1-2H3. The Morgan fingerprint density at radius 2 is 1.43 bits per heavy atom. The van der Waals surface area contributed by atoms with Crippen LogP contribution >= 0.6 is 0 Å². The Labute approximate surface area is 141 Å². The molecule has 0 aliphatic heterocycles. The molecule has 1 N–H and O–H groups in total. The van der Waals surface area contributed by atoms with Crippen molar-refractivity contribution in [1.82, 2.24) is 0 Å². The van der Waals surface area contributed by atoms with Crippen molar-refractivity contribution >= 4 is 5.97 Å². The highest BCUT2D eigenvalue weighted by atomic mass is 16.5. The number of carbonyl (C=O) groups excluding carboxylic acids is 1. The van der Waals surface area contributed by atoms with E-state index in [2.05, 4.69) is 0 Å². The number of aliphatic hydroxyl groups is 1. The van der Waals surface area contributed by atoms with E-state index in [0.717, 1.165) is 25.7 Å². The molecule has 3 nitrogen and oxygen atoms in total. The largest absolute Gasteiger partial charge is 0.462 e. The van der Waals surface area contributed by atoms with Crippen LogP contribution in [0.15, 0.2) is 30.3 Å². The van der Waals surface area contributed by atoms with Gasteiger partial charge < -0.3 is 9.84 Å². The maximum Gasteiger partial charge on any atom is 0.338 e. The first-order chi connectivity index (χ1) is 11.0. The maximum atomic E-state index is 11.7. The van der Waals surface area contributed by atoms with Crippen LogP contribution in [0.4, 0.5) is 0 Å². The summed E-state index contributed by atoms with van der Waals surface area (Å²) >= 11 is 0. The minimum absolute atomic E-state index is 0.225. The van der Waals surface area contributed by atoms with E-state index in [9.17, 15) is 9.90 Å². The molecule has 0 bridgehead atoms. The van der Waals surface area contributed by atoms with Crippen molar-refractivity contribution in [3.63, 3.8) is 0 Å². The molecule has 1 rings (SSSR count). The summed E-state index contributed by atoms with van der Waals surface area (Å²) in [7, 11) is 0. The summed E-state index contributed by atoms with van der Waals surface area (Å²) in [4.78, 5) is 11.7. The van der Waals surface area contributed by atoms with Gasteiger partial charge in [0.1, 0.15) is 0 Å². The molecule has 0 unspecified atom stereocenters. The van der Waals surface area contributed by atoms with Crippen molar-refractivity contribution in [2.24, 2.45) is 0 Å². The van der Waals surface area contributed by atoms with E-state index >= 15 is 0 Å². The number of benzene rings is 1. The minimum atomic E-state index is -0.517. The number of unbranched alkanes of at least 4 members (excludes halogenated alkanes) is 7. The van der Waals surface area contributed by atoms with Gasteiger partial charge in [0, 0.05) is 0 Å². The fourth-order valence-corrected chi connectivity index (χ4v) is 2.54. The number of esters is 1. The number of carbonyl (C=O) groups is 1. The Hall–Kier alpha value is -1.35. The highest BCUT2D eigenvalue weighted by Crippen LogP contribution is 2.15. The predicted molar refractivity (Wildman–Crippen MR) is 94.6 cm³/mol. The van der Waals surface area contributed by atoms with E-state index in [4.69, 9.17) is 4.74 Å². The van der Waals surface area contributed by atoms with Crippen LogP contribution in [-0.4, -0.2) is 23.3 Å². The molecule has 1 aromatic carbocycles. The SMILES string of the molecule is CC(C)(O)CCCCCCCCCCOC(=O)c1ccccc1. The van der Waals surface area contributed by atoms with Gasteiger partial charge in [-0.25, -0.2) is 4.79 Å².